The van der Waals surface area contributed by atoms with Gasteiger partial charge in [0.15, 0.2) is 17.3 Å². The first-order chi connectivity index (χ1) is 9.99. The molecule has 21 heavy (non-hydrogen) atoms. The molecule has 112 valence electrons. The molecule has 0 saturated carbocycles. The molecule has 0 spiro atoms. The summed E-state index contributed by atoms with van der Waals surface area (Å²) in [5.41, 5.74) is 5.42. The summed E-state index contributed by atoms with van der Waals surface area (Å²) in [7, 11) is 0. The maximum absolute atomic E-state index is 13.5. The van der Waals surface area contributed by atoms with Crippen LogP contribution in [0.4, 0.5) is 18.9 Å². The van der Waals surface area contributed by atoms with Crippen LogP contribution in [-0.4, -0.2) is 12.5 Å². The highest BCUT2D eigenvalue weighted by Crippen LogP contribution is 2.23. The van der Waals surface area contributed by atoms with E-state index in [0.717, 1.165) is 12.1 Å². The molecule has 0 radical (unpaired) electrons. The number of alkyl halides is 2. The Labute approximate surface area is 117 Å². The van der Waals surface area contributed by atoms with Gasteiger partial charge in [-0.3, -0.25) is 4.79 Å². The second-order valence-electron chi connectivity index (χ2n) is 3.95. The molecule has 3 N–H and O–H groups in total. The summed E-state index contributed by atoms with van der Waals surface area (Å²) in [5, 5.41) is 2.36. The summed E-state index contributed by atoms with van der Waals surface area (Å²) in [5.74, 6) is -1.81. The average Bonchev–Trinajstić information content (AvgIpc) is 2.90. The second kappa shape index (κ2) is 6.31. The van der Waals surface area contributed by atoms with E-state index in [1.165, 1.54) is 18.2 Å². The molecule has 8 heteroatoms. The number of nitrogens with one attached hydrogen (secondary N) is 1. The van der Waals surface area contributed by atoms with Gasteiger partial charge in [-0.2, -0.15) is 8.78 Å². The third kappa shape index (κ3) is 3.76. The van der Waals surface area contributed by atoms with Crippen LogP contribution in [0, 0.1) is 5.82 Å². The van der Waals surface area contributed by atoms with E-state index in [1.807, 2.05) is 0 Å². The first kappa shape index (κ1) is 14.9. The van der Waals surface area contributed by atoms with Gasteiger partial charge < -0.3 is 20.2 Å². The minimum absolute atomic E-state index is 0.00349. The van der Waals surface area contributed by atoms with Crippen molar-refractivity contribution in [3.8, 4) is 5.75 Å². The van der Waals surface area contributed by atoms with Crippen molar-refractivity contribution in [2.45, 2.75) is 13.2 Å². The van der Waals surface area contributed by atoms with Gasteiger partial charge in [0, 0.05) is 11.8 Å². The normalized spacial score (nSPS) is 10.7. The van der Waals surface area contributed by atoms with Crippen molar-refractivity contribution in [2.24, 2.45) is 5.73 Å². The van der Waals surface area contributed by atoms with Crippen molar-refractivity contribution in [3.05, 3.63) is 47.7 Å². The first-order valence-electron chi connectivity index (χ1n) is 5.84. The van der Waals surface area contributed by atoms with E-state index in [1.54, 1.807) is 0 Å². The molecule has 0 fully saturated rings. The number of carbonyl (C=O) groups excluding carboxylic acids is 1. The Morgan fingerprint density at radius 3 is 2.67 bits per heavy atom. The van der Waals surface area contributed by atoms with E-state index in [-0.39, 0.29) is 18.0 Å². The Bertz CT molecular complexity index is 643. The van der Waals surface area contributed by atoms with Gasteiger partial charge in [-0.15, -0.1) is 0 Å². The van der Waals surface area contributed by atoms with Gasteiger partial charge in [-0.25, -0.2) is 4.39 Å². The van der Waals surface area contributed by atoms with Gasteiger partial charge in [0.25, 0.3) is 5.91 Å². The third-order valence-corrected chi connectivity index (χ3v) is 2.49. The molecule has 2 aromatic rings. The monoisotopic (exact) mass is 300 g/mol. The maximum atomic E-state index is 13.5. The minimum Gasteiger partial charge on any atom is -0.455 e. The minimum atomic E-state index is -3.13. The van der Waals surface area contributed by atoms with E-state index < -0.39 is 24.1 Å². The van der Waals surface area contributed by atoms with E-state index in [4.69, 9.17) is 10.2 Å². The Morgan fingerprint density at radius 1 is 1.33 bits per heavy atom. The van der Waals surface area contributed by atoms with Crippen LogP contribution in [0.3, 0.4) is 0 Å². The van der Waals surface area contributed by atoms with Crippen molar-refractivity contribution in [2.75, 3.05) is 5.32 Å². The summed E-state index contributed by atoms with van der Waals surface area (Å²) in [6, 6.07) is 6.04. The molecule has 1 aromatic carbocycles. The number of benzene rings is 1. The quantitative estimate of drug-likeness (QED) is 0.890. The van der Waals surface area contributed by atoms with Crippen LogP contribution in [0.2, 0.25) is 0 Å². The number of rotatable bonds is 5. The van der Waals surface area contributed by atoms with Crippen molar-refractivity contribution in [3.63, 3.8) is 0 Å². The molecular formula is C13H11F3N2O3. The van der Waals surface area contributed by atoms with E-state index in [9.17, 15) is 18.0 Å². The summed E-state index contributed by atoms with van der Waals surface area (Å²) in [4.78, 5) is 11.8. The van der Waals surface area contributed by atoms with Crippen LogP contribution < -0.4 is 15.8 Å². The second-order valence-corrected chi connectivity index (χ2v) is 3.95. The lowest BCUT2D eigenvalue weighted by atomic mass is 10.3. The standard InChI is InChI=1S/C13H11F3N2O3/c14-9-5-7(1-3-10(9)21-13(15)16)18-12(19)11-4-2-8(6-17)20-11/h1-5,13H,6,17H2,(H,18,19). The Hall–Kier alpha value is -2.48. The van der Waals surface area contributed by atoms with Crippen molar-refractivity contribution in [1.29, 1.82) is 0 Å². The molecule has 1 amide bonds. The summed E-state index contributed by atoms with van der Waals surface area (Å²) >= 11 is 0. The molecule has 0 aliphatic heterocycles. The summed E-state index contributed by atoms with van der Waals surface area (Å²) in [6.07, 6.45) is 0. The van der Waals surface area contributed by atoms with Crippen molar-refractivity contribution in [1.82, 2.24) is 0 Å². The third-order valence-electron chi connectivity index (χ3n) is 2.49. The summed E-state index contributed by atoms with van der Waals surface area (Å²) < 4.78 is 46.5. The zero-order chi connectivity index (χ0) is 15.4. The zero-order valence-electron chi connectivity index (χ0n) is 10.6. The van der Waals surface area contributed by atoms with Crippen LogP contribution in [0.5, 0.6) is 5.75 Å². The lowest BCUT2D eigenvalue weighted by Crippen LogP contribution is -2.11. The van der Waals surface area contributed by atoms with Gasteiger partial charge in [-0.05, 0) is 24.3 Å². The largest absolute Gasteiger partial charge is 0.455 e. The number of anilines is 1. The number of ether oxygens (including phenoxy) is 1. The molecule has 0 aliphatic carbocycles. The molecule has 0 aliphatic rings. The van der Waals surface area contributed by atoms with Gasteiger partial charge in [0.1, 0.15) is 5.76 Å². The highest BCUT2D eigenvalue weighted by atomic mass is 19.3. The number of hydrogen-bond acceptors (Lipinski definition) is 4. The fourth-order valence-corrected chi connectivity index (χ4v) is 1.57. The maximum Gasteiger partial charge on any atom is 0.387 e. The number of nitrogens with two attached hydrogens (primary N) is 1. The molecule has 0 unspecified atom stereocenters. The van der Waals surface area contributed by atoms with Crippen LogP contribution in [0.15, 0.2) is 34.7 Å². The van der Waals surface area contributed by atoms with Crippen molar-refractivity contribution >= 4 is 11.6 Å². The molecule has 0 saturated heterocycles. The number of carbonyl (C=O) groups is 1. The average molecular weight is 300 g/mol. The molecular weight excluding hydrogens is 289 g/mol. The number of halogens is 3. The van der Waals surface area contributed by atoms with Crippen LogP contribution in [0.1, 0.15) is 16.3 Å². The number of furan rings is 1. The van der Waals surface area contributed by atoms with Gasteiger partial charge >= 0.3 is 6.61 Å². The SMILES string of the molecule is NCc1ccc(C(=O)Nc2ccc(OC(F)F)c(F)c2)o1. The van der Waals surface area contributed by atoms with E-state index in [2.05, 4.69) is 10.1 Å². The van der Waals surface area contributed by atoms with Crippen LogP contribution >= 0.6 is 0 Å². The predicted octanol–water partition coefficient (Wildman–Crippen LogP) is 2.73. The lowest BCUT2D eigenvalue weighted by Gasteiger charge is -2.08. The van der Waals surface area contributed by atoms with Gasteiger partial charge in [-0.1, -0.05) is 0 Å². The fourth-order valence-electron chi connectivity index (χ4n) is 1.57. The van der Waals surface area contributed by atoms with Crippen molar-refractivity contribution < 1.29 is 27.1 Å². The highest BCUT2D eigenvalue weighted by Gasteiger charge is 2.14. The summed E-state index contributed by atoms with van der Waals surface area (Å²) in [6.45, 7) is -2.99. The molecule has 0 bridgehead atoms. The van der Waals surface area contributed by atoms with Gasteiger partial charge in [0.2, 0.25) is 0 Å². The molecule has 5 nitrogen and oxygen atoms in total. The predicted molar refractivity (Wildman–Crippen MR) is 67.6 cm³/mol. The molecule has 0 atom stereocenters. The van der Waals surface area contributed by atoms with Gasteiger partial charge in [0.05, 0.1) is 6.54 Å². The van der Waals surface area contributed by atoms with Crippen LogP contribution in [0.25, 0.3) is 0 Å². The highest BCUT2D eigenvalue weighted by molar-refractivity contribution is 6.02. The first-order valence-corrected chi connectivity index (χ1v) is 5.84. The Balaban J connectivity index is 2.09. The molecule has 2 rings (SSSR count). The smallest absolute Gasteiger partial charge is 0.387 e. The molecule has 1 aromatic heterocycles. The lowest BCUT2D eigenvalue weighted by molar-refractivity contribution is -0.0521. The number of hydrogen-bond donors (Lipinski definition) is 2. The topological polar surface area (TPSA) is 77.5 Å². The Morgan fingerprint density at radius 2 is 2.10 bits per heavy atom. The number of amides is 1. The fraction of sp³-hybridized carbons (Fsp3) is 0.154. The molecule has 1 heterocycles. The zero-order valence-corrected chi connectivity index (χ0v) is 10.6. The van der Waals surface area contributed by atoms with E-state index >= 15 is 0 Å². The van der Waals surface area contributed by atoms with E-state index in [0.29, 0.717) is 5.76 Å². The van der Waals surface area contributed by atoms with Crippen LogP contribution in [-0.2, 0) is 6.54 Å². The Kier molecular flexibility index (Phi) is 4.49.